The molecule has 1 aromatic heterocycles. The highest BCUT2D eigenvalue weighted by molar-refractivity contribution is 5.72. The molecule has 0 saturated carbocycles. The molecule has 0 radical (unpaired) electrons. The number of ether oxygens (including phenoxy) is 1. The Morgan fingerprint density at radius 3 is 2.94 bits per heavy atom. The van der Waals surface area contributed by atoms with Crippen LogP contribution in [0.25, 0.3) is 11.1 Å². The molecule has 1 heterocycles. The molecule has 0 spiro atoms. The summed E-state index contributed by atoms with van der Waals surface area (Å²) < 4.78 is 6.95. The molecule has 0 saturated heterocycles. The number of nitrogens with zero attached hydrogens (tertiary/aromatic N) is 2. The molecule has 0 bridgehead atoms. The lowest BCUT2D eigenvalue weighted by Crippen LogP contribution is -1.95. The number of methoxy groups -OCH3 is 1. The van der Waals surface area contributed by atoms with Gasteiger partial charge in [-0.25, -0.2) is 0 Å². The van der Waals surface area contributed by atoms with Gasteiger partial charge < -0.3 is 9.84 Å². The van der Waals surface area contributed by atoms with Gasteiger partial charge in [-0.05, 0) is 12.5 Å². The Bertz CT molecular complexity index is 506. The monoisotopic (exact) mass is 232 g/mol. The summed E-state index contributed by atoms with van der Waals surface area (Å²) in [6, 6.07) is 5.44. The van der Waals surface area contributed by atoms with Crippen LogP contribution in [0.4, 0.5) is 0 Å². The Morgan fingerprint density at radius 2 is 2.24 bits per heavy atom. The molecule has 2 aromatic rings. The molecule has 1 N–H and O–H groups in total. The van der Waals surface area contributed by atoms with Crippen LogP contribution in [-0.2, 0) is 6.54 Å². The Morgan fingerprint density at radius 1 is 1.41 bits per heavy atom. The third-order valence-corrected chi connectivity index (χ3v) is 2.62. The van der Waals surface area contributed by atoms with E-state index in [1.807, 2.05) is 23.0 Å². The molecule has 0 aliphatic heterocycles. The first-order valence-electron chi connectivity index (χ1n) is 5.65. The quantitative estimate of drug-likeness (QED) is 0.881. The topological polar surface area (TPSA) is 47.3 Å². The lowest BCUT2D eigenvalue weighted by Gasteiger charge is -2.06. The minimum atomic E-state index is 0.158. The van der Waals surface area contributed by atoms with Gasteiger partial charge in [0.1, 0.15) is 0 Å². The van der Waals surface area contributed by atoms with Crippen molar-refractivity contribution in [1.29, 1.82) is 0 Å². The number of benzene rings is 1. The van der Waals surface area contributed by atoms with Gasteiger partial charge in [-0.15, -0.1) is 0 Å². The predicted molar refractivity (Wildman–Crippen MR) is 66.2 cm³/mol. The fraction of sp³-hybridized carbons (Fsp3) is 0.308. The standard InChI is InChI=1S/C13H16N2O2/c1-3-7-15-9-10(8-14-15)11-5-4-6-12(17-2)13(11)16/h4-6,8-9,16H,3,7H2,1-2H3. The molecule has 0 aliphatic carbocycles. The van der Waals surface area contributed by atoms with E-state index in [9.17, 15) is 5.11 Å². The second-order valence-electron chi connectivity index (χ2n) is 3.85. The molecule has 90 valence electrons. The summed E-state index contributed by atoms with van der Waals surface area (Å²) in [5.41, 5.74) is 1.64. The molecule has 1 aromatic carbocycles. The van der Waals surface area contributed by atoms with Crippen LogP contribution in [0.3, 0.4) is 0 Å². The fourth-order valence-corrected chi connectivity index (χ4v) is 1.77. The van der Waals surface area contributed by atoms with Crippen LogP contribution in [0.5, 0.6) is 11.5 Å². The zero-order chi connectivity index (χ0) is 12.3. The van der Waals surface area contributed by atoms with Gasteiger partial charge in [-0.1, -0.05) is 19.1 Å². The van der Waals surface area contributed by atoms with E-state index in [1.54, 1.807) is 19.4 Å². The fourth-order valence-electron chi connectivity index (χ4n) is 1.77. The van der Waals surface area contributed by atoms with Crippen molar-refractivity contribution in [2.45, 2.75) is 19.9 Å². The Hall–Kier alpha value is -1.97. The number of aromatic nitrogens is 2. The average Bonchev–Trinajstić information content (AvgIpc) is 2.78. The molecule has 2 rings (SSSR count). The van der Waals surface area contributed by atoms with Crippen molar-refractivity contribution >= 4 is 0 Å². The van der Waals surface area contributed by atoms with E-state index in [-0.39, 0.29) is 5.75 Å². The Labute approximate surface area is 100 Å². The van der Waals surface area contributed by atoms with E-state index in [1.165, 1.54) is 0 Å². The number of aromatic hydroxyl groups is 1. The third kappa shape index (κ3) is 2.25. The molecule has 0 atom stereocenters. The minimum Gasteiger partial charge on any atom is -0.504 e. The number of hydrogen-bond donors (Lipinski definition) is 1. The number of phenols is 1. The highest BCUT2D eigenvalue weighted by Crippen LogP contribution is 2.36. The number of rotatable bonds is 4. The van der Waals surface area contributed by atoms with Crippen molar-refractivity contribution in [2.75, 3.05) is 7.11 Å². The Kier molecular flexibility index (Phi) is 3.32. The lowest BCUT2D eigenvalue weighted by molar-refractivity contribution is 0.374. The molecular formula is C13H16N2O2. The molecule has 0 amide bonds. The van der Waals surface area contributed by atoms with Crippen molar-refractivity contribution in [3.63, 3.8) is 0 Å². The maximum absolute atomic E-state index is 10.0. The van der Waals surface area contributed by atoms with Crippen molar-refractivity contribution < 1.29 is 9.84 Å². The van der Waals surface area contributed by atoms with Gasteiger partial charge in [0.15, 0.2) is 11.5 Å². The summed E-state index contributed by atoms with van der Waals surface area (Å²) in [6.07, 6.45) is 4.72. The van der Waals surface area contributed by atoms with Crippen LogP contribution >= 0.6 is 0 Å². The van der Waals surface area contributed by atoms with Crippen LogP contribution in [0, 0.1) is 0 Å². The maximum atomic E-state index is 10.0. The third-order valence-electron chi connectivity index (χ3n) is 2.62. The van der Waals surface area contributed by atoms with Crippen LogP contribution < -0.4 is 4.74 Å². The van der Waals surface area contributed by atoms with Crippen LogP contribution in [-0.4, -0.2) is 22.0 Å². The summed E-state index contributed by atoms with van der Waals surface area (Å²) in [5, 5.41) is 14.3. The van der Waals surface area contributed by atoms with E-state index < -0.39 is 0 Å². The van der Waals surface area contributed by atoms with Crippen molar-refractivity contribution in [2.24, 2.45) is 0 Å². The van der Waals surface area contributed by atoms with Crippen molar-refractivity contribution in [1.82, 2.24) is 9.78 Å². The van der Waals surface area contributed by atoms with Gasteiger partial charge in [-0.2, -0.15) is 5.10 Å². The summed E-state index contributed by atoms with van der Waals surface area (Å²) in [4.78, 5) is 0. The number of para-hydroxylation sites is 1. The van der Waals surface area contributed by atoms with Gasteiger partial charge in [0.05, 0.1) is 13.3 Å². The van der Waals surface area contributed by atoms with E-state index in [2.05, 4.69) is 12.0 Å². The molecule has 0 aliphatic rings. The van der Waals surface area contributed by atoms with Gasteiger partial charge in [0, 0.05) is 23.9 Å². The largest absolute Gasteiger partial charge is 0.504 e. The first kappa shape index (κ1) is 11.5. The molecular weight excluding hydrogens is 216 g/mol. The van der Waals surface area contributed by atoms with E-state index in [4.69, 9.17) is 4.74 Å². The number of aryl methyl sites for hydroxylation is 1. The second kappa shape index (κ2) is 4.91. The van der Waals surface area contributed by atoms with E-state index in [0.29, 0.717) is 5.75 Å². The number of hydrogen-bond acceptors (Lipinski definition) is 3. The first-order chi connectivity index (χ1) is 8.26. The summed E-state index contributed by atoms with van der Waals surface area (Å²) in [5.74, 6) is 0.636. The molecule has 4 heteroatoms. The van der Waals surface area contributed by atoms with Gasteiger partial charge >= 0.3 is 0 Å². The SMILES string of the molecule is CCCn1cc(-c2cccc(OC)c2O)cn1. The molecule has 4 nitrogen and oxygen atoms in total. The maximum Gasteiger partial charge on any atom is 0.165 e. The average molecular weight is 232 g/mol. The first-order valence-corrected chi connectivity index (χ1v) is 5.65. The molecule has 17 heavy (non-hydrogen) atoms. The highest BCUT2D eigenvalue weighted by atomic mass is 16.5. The van der Waals surface area contributed by atoms with Gasteiger partial charge in [0.25, 0.3) is 0 Å². The summed E-state index contributed by atoms with van der Waals surface area (Å²) in [6.45, 7) is 2.98. The summed E-state index contributed by atoms with van der Waals surface area (Å²) >= 11 is 0. The van der Waals surface area contributed by atoms with Crippen molar-refractivity contribution in [3.8, 4) is 22.6 Å². The molecule has 0 unspecified atom stereocenters. The van der Waals surface area contributed by atoms with Gasteiger partial charge in [0.2, 0.25) is 0 Å². The molecule has 0 fully saturated rings. The predicted octanol–water partition coefficient (Wildman–Crippen LogP) is 2.67. The highest BCUT2D eigenvalue weighted by Gasteiger charge is 2.10. The normalized spacial score (nSPS) is 10.5. The van der Waals surface area contributed by atoms with Crippen LogP contribution in [0.1, 0.15) is 13.3 Å². The van der Waals surface area contributed by atoms with Crippen LogP contribution in [0.2, 0.25) is 0 Å². The van der Waals surface area contributed by atoms with Crippen molar-refractivity contribution in [3.05, 3.63) is 30.6 Å². The zero-order valence-corrected chi connectivity index (χ0v) is 10.1. The van der Waals surface area contributed by atoms with E-state index >= 15 is 0 Å². The van der Waals surface area contributed by atoms with Gasteiger partial charge in [-0.3, -0.25) is 4.68 Å². The van der Waals surface area contributed by atoms with Crippen LogP contribution in [0.15, 0.2) is 30.6 Å². The smallest absolute Gasteiger partial charge is 0.165 e. The zero-order valence-electron chi connectivity index (χ0n) is 10.1. The summed E-state index contributed by atoms with van der Waals surface area (Å²) in [7, 11) is 1.54. The van der Waals surface area contributed by atoms with E-state index in [0.717, 1.165) is 24.1 Å². The Balaban J connectivity index is 2.38. The number of phenolic OH excluding ortho intramolecular Hbond substituents is 1. The lowest BCUT2D eigenvalue weighted by atomic mass is 10.1. The minimum absolute atomic E-state index is 0.158. The second-order valence-corrected chi connectivity index (χ2v) is 3.85.